The molecule has 0 unspecified atom stereocenters. The number of ether oxygens (including phenoxy) is 1. The summed E-state index contributed by atoms with van der Waals surface area (Å²) < 4.78 is 7.85. The molecule has 0 radical (unpaired) electrons. The molecule has 0 saturated heterocycles. The van der Waals surface area contributed by atoms with Crippen LogP contribution in [-0.4, -0.2) is 38.5 Å². The maximum Gasteiger partial charge on any atom is 0.321 e. The van der Waals surface area contributed by atoms with E-state index in [9.17, 15) is 9.59 Å². The van der Waals surface area contributed by atoms with Crippen molar-refractivity contribution in [3.63, 3.8) is 0 Å². The van der Waals surface area contributed by atoms with Crippen LogP contribution in [0.4, 0.5) is 4.79 Å². The molecule has 3 amide bonds. The second kappa shape index (κ2) is 11.6. The molecule has 0 fully saturated rings. The van der Waals surface area contributed by atoms with E-state index in [-0.39, 0.29) is 24.3 Å². The van der Waals surface area contributed by atoms with Gasteiger partial charge < -0.3 is 14.6 Å². The molecule has 0 aliphatic heterocycles. The molecule has 9 heteroatoms. The number of carbonyl (C=O) groups excluding carboxylic acids is 2. The Labute approximate surface area is 182 Å². The van der Waals surface area contributed by atoms with Crippen LogP contribution in [0.5, 0.6) is 5.75 Å². The molecule has 0 aliphatic rings. The van der Waals surface area contributed by atoms with Crippen LogP contribution < -0.4 is 15.4 Å². The molecule has 0 bridgehead atoms. The molecule has 1 heterocycles. The van der Waals surface area contributed by atoms with Gasteiger partial charge in [-0.1, -0.05) is 44.7 Å². The van der Waals surface area contributed by atoms with E-state index in [0.29, 0.717) is 23.4 Å². The molecule has 164 valence electrons. The number of imide groups is 1. The quantitative estimate of drug-likeness (QED) is 0.557. The number of thioether (sulfide) groups is 1. The van der Waals surface area contributed by atoms with Gasteiger partial charge >= 0.3 is 6.03 Å². The standard InChI is InChI=1S/C21H31N5O3S/c1-6-16-7-9-17(10-8-16)29-12-18-24-25-21(26(18)11-14(2)3)30-13-19(27)23-20(28)22-15(4)5/h7-10,14-15H,6,11-13H2,1-5H3,(H2,22,23,27,28). The zero-order valence-electron chi connectivity index (χ0n) is 18.3. The lowest BCUT2D eigenvalue weighted by atomic mass is 10.2. The fourth-order valence-corrected chi connectivity index (χ4v) is 3.41. The van der Waals surface area contributed by atoms with E-state index in [2.05, 4.69) is 41.6 Å². The van der Waals surface area contributed by atoms with E-state index in [0.717, 1.165) is 12.2 Å². The van der Waals surface area contributed by atoms with Gasteiger partial charge in [0.15, 0.2) is 11.0 Å². The monoisotopic (exact) mass is 433 g/mol. The van der Waals surface area contributed by atoms with Crippen LogP contribution in [0.3, 0.4) is 0 Å². The van der Waals surface area contributed by atoms with Crippen molar-refractivity contribution < 1.29 is 14.3 Å². The Hall–Kier alpha value is -2.55. The first-order chi connectivity index (χ1) is 14.3. The van der Waals surface area contributed by atoms with E-state index in [1.807, 2.05) is 42.7 Å². The van der Waals surface area contributed by atoms with Crippen LogP contribution in [0.25, 0.3) is 0 Å². The molecule has 2 aromatic rings. The summed E-state index contributed by atoms with van der Waals surface area (Å²) in [6, 6.07) is 7.45. The van der Waals surface area contributed by atoms with Crippen molar-refractivity contribution >= 4 is 23.7 Å². The maximum atomic E-state index is 12.0. The van der Waals surface area contributed by atoms with Gasteiger partial charge in [-0.2, -0.15) is 0 Å². The van der Waals surface area contributed by atoms with Crippen molar-refractivity contribution in [3.8, 4) is 5.75 Å². The molecular weight excluding hydrogens is 402 g/mol. The van der Waals surface area contributed by atoms with Crippen LogP contribution in [0.2, 0.25) is 0 Å². The lowest BCUT2D eigenvalue weighted by molar-refractivity contribution is -0.117. The van der Waals surface area contributed by atoms with Crippen molar-refractivity contribution in [1.82, 2.24) is 25.4 Å². The average molecular weight is 434 g/mol. The minimum Gasteiger partial charge on any atom is -0.486 e. The highest BCUT2D eigenvalue weighted by atomic mass is 32.2. The Morgan fingerprint density at radius 2 is 1.83 bits per heavy atom. The number of carbonyl (C=O) groups is 2. The van der Waals surface area contributed by atoms with Gasteiger partial charge in [-0.05, 0) is 43.9 Å². The maximum absolute atomic E-state index is 12.0. The third-order valence-electron chi connectivity index (χ3n) is 4.05. The third-order valence-corrected chi connectivity index (χ3v) is 5.01. The third kappa shape index (κ3) is 7.70. The van der Waals surface area contributed by atoms with Crippen molar-refractivity contribution in [3.05, 3.63) is 35.7 Å². The number of hydrogen-bond donors (Lipinski definition) is 2. The summed E-state index contributed by atoms with van der Waals surface area (Å²) in [7, 11) is 0. The molecule has 2 N–H and O–H groups in total. The van der Waals surface area contributed by atoms with E-state index in [1.54, 1.807) is 0 Å². The summed E-state index contributed by atoms with van der Waals surface area (Å²) >= 11 is 1.25. The highest BCUT2D eigenvalue weighted by Gasteiger charge is 2.17. The number of aryl methyl sites for hydroxylation is 1. The molecule has 0 atom stereocenters. The molecule has 0 spiro atoms. The van der Waals surface area contributed by atoms with Crippen molar-refractivity contribution in [2.45, 2.75) is 65.4 Å². The van der Waals surface area contributed by atoms with Crippen LogP contribution >= 0.6 is 11.8 Å². The van der Waals surface area contributed by atoms with Crippen molar-refractivity contribution in [1.29, 1.82) is 0 Å². The molecule has 1 aromatic heterocycles. The first-order valence-corrected chi connectivity index (χ1v) is 11.1. The van der Waals surface area contributed by atoms with Crippen molar-refractivity contribution in [2.75, 3.05) is 5.75 Å². The summed E-state index contributed by atoms with van der Waals surface area (Å²) in [5.74, 6) is 1.53. The zero-order chi connectivity index (χ0) is 22.1. The topological polar surface area (TPSA) is 98.1 Å². The van der Waals surface area contributed by atoms with Gasteiger partial charge in [0.25, 0.3) is 0 Å². The zero-order valence-corrected chi connectivity index (χ0v) is 19.1. The predicted molar refractivity (Wildman–Crippen MR) is 118 cm³/mol. The Bertz CT molecular complexity index is 834. The fourth-order valence-electron chi connectivity index (χ4n) is 2.64. The fraction of sp³-hybridized carbons (Fsp3) is 0.524. The summed E-state index contributed by atoms with van der Waals surface area (Å²) in [4.78, 5) is 23.7. The lowest BCUT2D eigenvalue weighted by Crippen LogP contribution is -2.43. The minimum atomic E-state index is -0.498. The smallest absolute Gasteiger partial charge is 0.321 e. The normalized spacial score (nSPS) is 11.0. The number of aromatic nitrogens is 3. The Balaban J connectivity index is 1.99. The lowest BCUT2D eigenvalue weighted by Gasteiger charge is -2.13. The van der Waals surface area contributed by atoms with E-state index in [1.165, 1.54) is 17.3 Å². The van der Waals surface area contributed by atoms with Gasteiger partial charge in [0, 0.05) is 12.6 Å². The summed E-state index contributed by atoms with van der Waals surface area (Å²) in [6.45, 7) is 11.0. The molecular formula is C21H31N5O3S. The number of rotatable bonds is 10. The minimum absolute atomic E-state index is 0.0414. The van der Waals surface area contributed by atoms with Crippen LogP contribution in [0.15, 0.2) is 29.4 Å². The molecule has 0 aliphatic carbocycles. The largest absolute Gasteiger partial charge is 0.486 e. The van der Waals surface area contributed by atoms with Gasteiger partial charge in [-0.25, -0.2) is 4.79 Å². The first kappa shape index (κ1) is 23.7. The van der Waals surface area contributed by atoms with Gasteiger partial charge in [0.05, 0.1) is 5.75 Å². The number of urea groups is 1. The van der Waals surface area contributed by atoms with Crippen LogP contribution in [0, 0.1) is 5.92 Å². The average Bonchev–Trinajstić information content (AvgIpc) is 3.05. The second-order valence-corrected chi connectivity index (χ2v) is 8.60. The van der Waals surface area contributed by atoms with Crippen molar-refractivity contribution in [2.24, 2.45) is 5.92 Å². The highest BCUT2D eigenvalue weighted by molar-refractivity contribution is 7.99. The Morgan fingerprint density at radius 1 is 1.13 bits per heavy atom. The van der Waals surface area contributed by atoms with E-state index < -0.39 is 6.03 Å². The molecule has 0 saturated carbocycles. The number of nitrogens with one attached hydrogen (secondary N) is 2. The van der Waals surface area contributed by atoms with Gasteiger partial charge in [-0.15, -0.1) is 10.2 Å². The molecule has 1 aromatic carbocycles. The van der Waals surface area contributed by atoms with Crippen LogP contribution in [-0.2, 0) is 24.4 Å². The number of benzene rings is 1. The Kier molecular flexibility index (Phi) is 9.16. The van der Waals surface area contributed by atoms with E-state index >= 15 is 0 Å². The predicted octanol–water partition coefficient (Wildman–Crippen LogP) is 3.40. The van der Waals surface area contributed by atoms with Gasteiger partial charge in [0.2, 0.25) is 5.91 Å². The van der Waals surface area contributed by atoms with E-state index in [4.69, 9.17) is 4.74 Å². The molecule has 30 heavy (non-hydrogen) atoms. The SMILES string of the molecule is CCc1ccc(OCc2nnc(SCC(=O)NC(=O)NC(C)C)n2CC(C)C)cc1. The summed E-state index contributed by atoms with van der Waals surface area (Å²) in [5, 5.41) is 14.0. The number of hydrogen-bond acceptors (Lipinski definition) is 6. The number of nitrogens with zero attached hydrogens (tertiary/aromatic N) is 3. The van der Waals surface area contributed by atoms with Gasteiger partial charge in [-0.3, -0.25) is 10.1 Å². The molecule has 8 nitrogen and oxygen atoms in total. The summed E-state index contributed by atoms with van der Waals surface area (Å²) in [6.07, 6.45) is 0.982. The second-order valence-electron chi connectivity index (χ2n) is 7.65. The number of amides is 3. The van der Waals surface area contributed by atoms with Crippen LogP contribution in [0.1, 0.15) is 46.0 Å². The first-order valence-electron chi connectivity index (χ1n) is 10.1. The highest BCUT2D eigenvalue weighted by Crippen LogP contribution is 2.20. The Morgan fingerprint density at radius 3 is 2.43 bits per heavy atom. The summed E-state index contributed by atoms with van der Waals surface area (Å²) in [5.41, 5.74) is 1.25. The molecule has 2 rings (SSSR count). The van der Waals surface area contributed by atoms with Gasteiger partial charge in [0.1, 0.15) is 12.4 Å².